The summed E-state index contributed by atoms with van der Waals surface area (Å²) in [6.07, 6.45) is 6.79. The molecular formula is C17H19N5OSi. The van der Waals surface area contributed by atoms with E-state index >= 15 is 0 Å². The fourth-order valence-electron chi connectivity index (χ4n) is 2.29. The molecule has 2 atom stereocenters. The Bertz CT molecular complexity index is 868. The van der Waals surface area contributed by atoms with E-state index in [1.807, 2.05) is 43.0 Å². The number of benzene rings is 1. The van der Waals surface area contributed by atoms with Gasteiger partial charge in [-0.3, -0.25) is 0 Å². The molecule has 2 heterocycles. The lowest BCUT2D eigenvalue weighted by molar-refractivity contribution is 0.567. The molecule has 3 rings (SSSR count). The summed E-state index contributed by atoms with van der Waals surface area (Å²) in [4.78, 5) is 17.0. The van der Waals surface area contributed by atoms with E-state index in [1.54, 1.807) is 18.6 Å². The summed E-state index contributed by atoms with van der Waals surface area (Å²) in [6.45, 7) is 4.05. The van der Waals surface area contributed by atoms with E-state index < -0.39 is 9.04 Å². The van der Waals surface area contributed by atoms with Crippen LogP contribution in [-0.2, 0) is 0 Å². The lowest BCUT2D eigenvalue weighted by Gasteiger charge is -2.16. The zero-order chi connectivity index (χ0) is 16.9. The molecule has 0 aliphatic rings. The number of fused-ring (bicyclic) bond motifs is 1. The molecule has 2 unspecified atom stereocenters. The molecule has 6 nitrogen and oxygen atoms in total. The van der Waals surface area contributed by atoms with Crippen molar-refractivity contribution in [3.8, 4) is 5.75 Å². The van der Waals surface area contributed by atoms with E-state index in [4.69, 9.17) is 10.2 Å². The zero-order valence-corrected chi connectivity index (χ0v) is 14.8. The molecule has 0 fully saturated rings. The van der Waals surface area contributed by atoms with Gasteiger partial charge in [0.25, 0.3) is 9.04 Å². The lowest BCUT2D eigenvalue weighted by Crippen LogP contribution is -2.17. The highest BCUT2D eigenvalue weighted by Gasteiger charge is 2.10. The maximum Gasteiger partial charge on any atom is 0.257 e. The van der Waals surface area contributed by atoms with Crippen LogP contribution in [-0.4, -0.2) is 29.0 Å². The molecule has 2 aromatic heterocycles. The van der Waals surface area contributed by atoms with Crippen LogP contribution in [0.5, 0.6) is 5.75 Å². The van der Waals surface area contributed by atoms with Crippen LogP contribution in [0.1, 0.15) is 24.4 Å². The quantitative estimate of drug-likeness (QED) is 0.720. The van der Waals surface area contributed by atoms with Crippen LogP contribution in [0, 0.1) is 0 Å². The van der Waals surface area contributed by atoms with Crippen LogP contribution >= 0.6 is 0 Å². The average molecular weight is 337 g/mol. The summed E-state index contributed by atoms with van der Waals surface area (Å²) in [5.74, 6) is 1.45. The number of rotatable bonds is 5. The van der Waals surface area contributed by atoms with Crippen molar-refractivity contribution >= 4 is 26.3 Å². The summed E-state index contributed by atoms with van der Waals surface area (Å²) in [5, 5.41) is 0. The standard InChI is InChI=1S/C17H19N5OSi/c1-12(18)13-5-3-4-6-15(13)23-24(2)10-7-16-21-11-14-17(22-16)20-9-8-19-14/h3-12,24H,18H2,1-2H3/b10-7+. The maximum absolute atomic E-state index is 6.10. The largest absolute Gasteiger partial charge is 0.543 e. The molecule has 2 N–H and O–H groups in total. The van der Waals surface area contributed by atoms with Gasteiger partial charge < -0.3 is 10.2 Å². The summed E-state index contributed by atoms with van der Waals surface area (Å²) in [6, 6.07) is 7.82. The molecule has 0 spiro atoms. The summed E-state index contributed by atoms with van der Waals surface area (Å²) < 4.78 is 6.10. The van der Waals surface area contributed by atoms with Crippen molar-refractivity contribution in [3.05, 3.63) is 59.9 Å². The molecule has 0 saturated carbocycles. The van der Waals surface area contributed by atoms with Gasteiger partial charge in [-0.25, -0.2) is 19.9 Å². The van der Waals surface area contributed by atoms with Crippen molar-refractivity contribution in [1.29, 1.82) is 0 Å². The SMILES string of the molecule is CC(N)c1ccccc1O[SiH](C)/C=C/c1ncc2nccnc2n1. The second-order valence-electron chi connectivity index (χ2n) is 5.50. The molecule has 3 aromatic rings. The topological polar surface area (TPSA) is 86.8 Å². The van der Waals surface area contributed by atoms with E-state index in [-0.39, 0.29) is 6.04 Å². The van der Waals surface area contributed by atoms with Gasteiger partial charge in [-0.2, -0.15) is 0 Å². The normalized spacial score (nSPS) is 14.0. The van der Waals surface area contributed by atoms with E-state index in [1.165, 1.54) is 0 Å². The highest BCUT2D eigenvalue weighted by Crippen LogP contribution is 2.23. The van der Waals surface area contributed by atoms with Gasteiger partial charge in [-0.1, -0.05) is 23.9 Å². The minimum Gasteiger partial charge on any atom is -0.543 e. The predicted molar refractivity (Wildman–Crippen MR) is 96.8 cm³/mol. The summed E-state index contributed by atoms with van der Waals surface area (Å²) in [7, 11) is -1.58. The number of hydrogen-bond donors (Lipinski definition) is 1. The van der Waals surface area contributed by atoms with Gasteiger partial charge in [0.15, 0.2) is 11.5 Å². The van der Waals surface area contributed by atoms with Gasteiger partial charge in [-0.05, 0) is 25.6 Å². The zero-order valence-electron chi connectivity index (χ0n) is 13.6. The first-order chi connectivity index (χ1) is 11.6. The average Bonchev–Trinajstić information content (AvgIpc) is 2.60. The molecule has 24 heavy (non-hydrogen) atoms. The molecule has 122 valence electrons. The first-order valence-corrected chi connectivity index (χ1v) is 10.1. The van der Waals surface area contributed by atoms with Crippen LogP contribution in [0.25, 0.3) is 17.2 Å². The smallest absolute Gasteiger partial charge is 0.257 e. The number of aromatic nitrogens is 4. The first kappa shape index (κ1) is 16.2. The van der Waals surface area contributed by atoms with Crippen LogP contribution in [0.3, 0.4) is 0 Å². The monoisotopic (exact) mass is 337 g/mol. The maximum atomic E-state index is 6.10. The minimum atomic E-state index is -1.58. The predicted octanol–water partition coefficient (Wildman–Crippen LogP) is 2.42. The summed E-state index contributed by atoms with van der Waals surface area (Å²) in [5.41, 5.74) is 10.3. The third-order valence-corrected chi connectivity index (χ3v) is 4.84. The van der Waals surface area contributed by atoms with Crippen molar-refractivity contribution in [1.82, 2.24) is 19.9 Å². The fraction of sp³-hybridized carbons (Fsp3) is 0.176. The molecule has 0 aliphatic carbocycles. The van der Waals surface area contributed by atoms with Gasteiger partial charge in [0.1, 0.15) is 11.3 Å². The van der Waals surface area contributed by atoms with E-state index in [0.29, 0.717) is 17.0 Å². The third kappa shape index (κ3) is 3.81. The van der Waals surface area contributed by atoms with Gasteiger partial charge in [0, 0.05) is 24.0 Å². The Labute approximate surface area is 142 Å². The second kappa shape index (κ2) is 7.29. The third-order valence-electron chi connectivity index (χ3n) is 3.48. The number of hydrogen-bond acceptors (Lipinski definition) is 6. The minimum absolute atomic E-state index is 0.0613. The molecule has 7 heteroatoms. The van der Waals surface area contributed by atoms with E-state index in [2.05, 4.69) is 26.5 Å². The Morgan fingerprint density at radius 3 is 2.79 bits per heavy atom. The number of para-hydroxylation sites is 1. The number of nitrogens with two attached hydrogens (primary N) is 1. The second-order valence-corrected chi connectivity index (χ2v) is 7.53. The van der Waals surface area contributed by atoms with Crippen molar-refractivity contribution in [2.75, 3.05) is 0 Å². The van der Waals surface area contributed by atoms with Gasteiger partial charge >= 0.3 is 0 Å². The lowest BCUT2D eigenvalue weighted by atomic mass is 10.1. The Morgan fingerprint density at radius 1 is 1.17 bits per heavy atom. The van der Waals surface area contributed by atoms with Gasteiger partial charge in [-0.15, -0.1) is 0 Å². The van der Waals surface area contributed by atoms with Crippen LogP contribution in [0.4, 0.5) is 0 Å². The molecule has 0 saturated heterocycles. The van der Waals surface area contributed by atoms with E-state index in [0.717, 1.165) is 11.3 Å². The molecule has 0 aliphatic heterocycles. The molecule has 0 bridgehead atoms. The molecule has 0 radical (unpaired) electrons. The van der Waals surface area contributed by atoms with Crippen molar-refractivity contribution < 1.29 is 4.43 Å². The Hall–Kier alpha value is -2.64. The summed E-state index contributed by atoms with van der Waals surface area (Å²) >= 11 is 0. The molecular weight excluding hydrogens is 318 g/mol. The first-order valence-electron chi connectivity index (χ1n) is 7.76. The van der Waals surface area contributed by atoms with Gasteiger partial charge in [0.2, 0.25) is 0 Å². The van der Waals surface area contributed by atoms with Crippen LogP contribution < -0.4 is 10.2 Å². The highest BCUT2D eigenvalue weighted by atomic mass is 28.3. The van der Waals surface area contributed by atoms with E-state index in [9.17, 15) is 0 Å². The number of nitrogens with zero attached hydrogens (tertiary/aromatic N) is 4. The highest BCUT2D eigenvalue weighted by molar-refractivity contribution is 6.57. The molecule has 0 amide bonds. The Morgan fingerprint density at radius 2 is 1.96 bits per heavy atom. The fourth-order valence-corrected chi connectivity index (χ4v) is 3.43. The molecule has 1 aromatic carbocycles. The van der Waals surface area contributed by atoms with Gasteiger partial charge in [0.05, 0.1) is 6.20 Å². The Balaban J connectivity index is 1.74. The van der Waals surface area contributed by atoms with Crippen LogP contribution in [0.15, 0.2) is 48.6 Å². The van der Waals surface area contributed by atoms with Crippen molar-refractivity contribution in [3.63, 3.8) is 0 Å². The van der Waals surface area contributed by atoms with Crippen LogP contribution in [0.2, 0.25) is 6.55 Å². The van der Waals surface area contributed by atoms with Crippen molar-refractivity contribution in [2.45, 2.75) is 19.5 Å². The van der Waals surface area contributed by atoms with Crippen molar-refractivity contribution in [2.24, 2.45) is 5.73 Å². The Kier molecular flexibility index (Phi) is 4.92.